The van der Waals surface area contributed by atoms with Gasteiger partial charge in [0.2, 0.25) is 0 Å². The summed E-state index contributed by atoms with van der Waals surface area (Å²) >= 11 is 0. The van der Waals surface area contributed by atoms with E-state index < -0.39 is 59.5 Å². The number of sulfonamides is 1. The highest BCUT2D eigenvalue weighted by Gasteiger charge is 2.75. The highest BCUT2D eigenvalue weighted by atomic mass is 32.2. The van der Waals surface area contributed by atoms with Crippen LogP contribution < -0.4 is 4.72 Å². The molecule has 146 valence electrons. The largest absolute Gasteiger partial charge is 0.454 e. The van der Waals surface area contributed by atoms with Gasteiger partial charge in [0.05, 0.1) is 19.8 Å². The molecule has 24 heavy (non-hydrogen) atoms. The van der Waals surface area contributed by atoms with Gasteiger partial charge in [0.1, 0.15) is 0 Å². The van der Waals surface area contributed by atoms with Crippen molar-refractivity contribution in [2.75, 3.05) is 26.4 Å². The lowest BCUT2D eigenvalue weighted by molar-refractivity contribution is -0.332. The van der Waals surface area contributed by atoms with Crippen molar-refractivity contribution in [2.45, 2.75) is 23.8 Å². The van der Waals surface area contributed by atoms with Crippen LogP contribution in [0.2, 0.25) is 0 Å². The molecule has 0 amide bonds. The molecule has 0 saturated carbocycles. The fourth-order valence-electron chi connectivity index (χ4n) is 1.37. The maximum atomic E-state index is 13.5. The molecule has 0 fully saturated rings. The number of hydrogen-bond donors (Lipinski definition) is 2. The van der Waals surface area contributed by atoms with Gasteiger partial charge in [-0.1, -0.05) is 0 Å². The fraction of sp³-hybridized carbons (Fsp3) is 1.00. The van der Waals surface area contributed by atoms with Crippen LogP contribution in [0, 0.1) is 5.92 Å². The van der Waals surface area contributed by atoms with Crippen LogP contribution in [0.1, 0.15) is 0 Å². The first-order valence-corrected chi connectivity index (χ1v) is 7.39. The van der Waals surface area contributed by atoms with Gasteiger partial charge < -0.3 is 9.84 Å². The van der Waals surface area contributed by atoms with Gasteiger partial charge in [-0.25, -0.2) is 21.9 Å². The molecule has 0 aromatic rings. The number of rotatable bonds is 10. The smallest absolute Gasteiger partial charge is 0.394 e. The Morgan fingerprint density at radius 1 is 1.00 bits per heavy atom. The van der Waals surface area contributed by atoms with E-state index in [4.69, 9.17) is 5.11 Å². The zero-order chi connectivity index (χ0) is 19.4. The molecule has 15 heteroatoms. The molecule has 0 heterocycles. The lowest BCUT2D eigenvalue weighted by atomic mass is 10.0. The van der Waals surface area contributed by atoms with Crippen molar-refractivity contribution in [2.24, 2.45) is 5.92 Å². The summed E-state index contributed by atoms with van der Waals surface area (Å²) < 4.78 is 142. The first-order chi connectivity index (χ1) is 10.6. The lowest BCUT2D eigenvalue weighted by Crippen LogP contribution is -2.59. The molecule has 2 N–H and O–H groups in total. The van der Waals surface area contributed by atoms with E-state index in [1.54, 1.807) is 0 Å². The van der Waals surface area contributed by atoms with Crippen molar-refractivity contribution in [1.82, 2.24) is 4.72 Å². The molecular formula is C9H12F9NO4S. The Kier molecular flexibility index (Phi) is 7.78. The maximum Gasteiger partial charge on any atom is 0.454 e. The summed E-state index contributed by atoms with van der Waals surface area (Å²) in [5.74, 6) is -11.8. The molecular weight excluding hydrogens is 389 g/mol. The van der Waals surface area contributed by atoms with E-state index in [2.05, 4.69) is 4.74 Å². The molecule has 0 rings (SSSR count). The zero-order valence-electron chi connectivity index (χ0n) is 11.5. The molecule has 0 spiro atoms. The van der Waals surface area contributed by atoms with E-state index in [1.165, 1.54) is 0 Å². The summed E-state index contributed by atoms with van der Waals surface area (Å²) in [6.45, 7) is -2.60. The summed E-state index contributed by atoms with van der Waals surface area (Å²) in [6.07, 6.45) is -11.8. The Morgan fingerprint density at radius 3 is 1.88 bits per heavy atom. The second kappa shape index (κ2) is 8.05. The number of alkyl halides is 9. The minimum atomic E-state index is -6.82. The molecule has 0 aromatic carbocycles. The van der Waals surface area contributed by atoms with Crippen LogP contribution in [-0.4, -0.2) is 63.7 Å². The molecule has 0 aliphatic rings. The van der Waals surface area contributed by atoms with Crippen molar-refractivity contribution in [3.63, 3.8) is 0 Å². The van der Waals surface area contributed by atoms with Gasteiger partial charge in [-0.05, 0) is 0 Å². The van der Waals surface area contributed by atoms with Crippen LogP contribution in [0.4, 0.5) is 39.5 Å². The zero-order valence-corrected chi connectivity index (χ0v) is 12.3. The predicted molar refractivity (Wildman–Crippen MR) is 60.3 cm³/mol. The normalized spacial score (nSPS) is 15.8. The third-order valence-electron chi connectivity index (χ3n) is 2.51. The molecule has 0 radical (unpaired) electrons. The molecule has 0 bridgehead atoms. The van der Waals surface area contributed by atoms with Gasteiger partial charge in [0.15, 0.2) is 5.92 Å². The second-order valence-electron chi connectivity index (χ2n) is 4.23. The standard InChI is InChI=1S/C9H12F9NO4S/c10-6(11)5(7(12,13)9(16,17)18)8(14,15)24(21,22)19-1-3-23-4-2-20/h5-6,19-20H,1-4H2. The fourth-order valence-corrected chi connectivity index (χ4v) is 2.50. The number of aliphatic hydroxyl groups excluding tert-OH is 1. The summed E-state index contributed by atoms with van der Waals surface area (Å²) in [5.41, 5.74) is 0. The molecule has 5 nitrogen and oxygen atoms in total. The lowest BCUT2D eigenvalue weighted by Gasteiger charge is -2.33. The minimum Gasteiger partial charge on any atom is -0.394 e. The van der Waals surface area contributed by atoms with Gasteiger partial charge in [-0.3, -0.25) is 0 Å². The number of halogens is 9. The molecule has 1 atom stereocenters. The van der Waals surface area contributed by atoms with E-state index in [1.807, 2.05) is 0 Å². The van der Waals surface area contributed by atoms with Gasteiger partial charge in [-0.2, -0.15) is 30.7 Å². The molecule has 0 aromatic heterocycles. The van der Waals surface area contributed by atoms with Crippen molar-refractivity contribution in [3.8, 4) is 0 Å². The van der Waals surface area contributed by atoms with Crippen molar-refractivity contribution in [3.05, 3.63) is 0 Å². The Hall–Kier alpha value is -0.800. The second-order valence-corrected chi connectivity index (χ2v) is 6.07. The van der Waals surface area contributed by atoms with Crippen LogP contribution in [0.15, 0.2) is 0 Å². The van der Waals surface area contributed by atoms with Crippen LogP contribution in [0.3, 0.4) is 0 Å². The molecule has 0 aliphatic heterocycles. The highest BCUT2D eigenvalue weighted by molar-refractivity contribution is 7.90. The monoisotopic (exact) mass is 401 g/mol. The first kappa shape index (κ1) is 23.2. The van der Waals surface area contributed by atoms with Gasteiger partial charge in [-0.15, -0.1) is 0 Å². The number of ether oxygens (including phenoxy) is 1. The first-order valence-electron chi connectivity index (χ1n) is 5.91. The number of hydrogen-bond acceptors (Lipinski definition) is 4. The maximum absolute atomic E-state index is 13.5. The van der Waals surface area contributed by atoms with Gasteiger partial charge in [0.25, 0.3) is 16.4 Å². The summed E-state index contributed by atoms with van der Waals surface area (Å²) in [7, 11) is -6.32. The van der Waals surface area contributed by atoms with E-state index in [9.17, 15) is 47.9 Å². The quantitative estimate of drug-likeness (QED) is 0.431. The van der Waals surface area contributed by atoms with Gasteiger partial charge >= 0.3 is 17.4 Å². The van der Waals surface area contributed by atoms with E-state index in [0.717, 1.165) is 4.72 Å². The number of nitrogens with one attached hydrogen (secondary N) is 1. The average molecular weight is 401 g/mol. The van der Waals surface area contributed by atoms with Crippen molar-refractivity contribution >= 4 is 10.0 Å². The predicted octanol–water partition coefficient (Wildman–Crippen LogP) is 1.59. The van der Waals surface area contributed by atoms with Gasteiger partial charge in [0, 0.05) is 6.54 Å². The van der Waals surface area contributed by atoms with Crippen LogP contribution in [0.25, 0.3) is 0 Å². The molecule has 1 unspecified atom stereocenters. The Morgan fingerprint density at radius 2 is 1.50 bits per heavy atom. The van der Waals surface area contributed by atoms with E-state index in [0.29, 0.717) is 0 Å². The minimum absolute atomic E-state index is 0.357. The van der Waals surface area contributed by atoms with Crippen LogP contribution >= 0.6 is 0 Å². The molecule has 0 saturated heterocycles. The van der Waals surface area contributed by atoms with E-state index >= 15 is 0 Å². The van der Waals surface area contributed by atoms with Crippen LogP contribution in [0.5, 0.6) is 0 Å². The average Bonchev–Trinajstić information content (AvgIpc) is 2.35. The van der Waals surface area contributed by atoms with E-state index in [-0.39, 0.29) is 6.61 Å². The van der Waals surface area contributed by atoms with Crippen molar-refractivity contribution in [1.29, 1.82) is 0 Å². The Bertz CT molecular complexity index is 494. The number of aliphatic hydroxyl groups is 1. The summed E-state index contributed by atoms with van der Waals surface area (Å²) in [5, 5.41) is 2.16. The Labute approximate surface area is 129 Å². The highest BCUT2D eigenvalue weighted by Crippen LogP contribution is 2.51. The summed E-state index contributed by atoms with van der Waals surface area (Å²) in [4.78, 5) is 0. The third kappa shape index (κ3) is 5.10. The SMILES string of the molecule is O=S(=O)(NCCOCCO)C(F)(F)C(C(F)F)C(F)(F)C(F)(F)F. The topological polar surface area (TPSA) is 75.6 Å². The Balaban J connectivity index is 5.47. The third-order valence-corrected chi connectivity index (χ3v) is 4.07. The van der Waals surface area contributed by atoms with Crippen LogP contribution in [-0.2, 0) is 14.8 Å². The summed E-state index contributed by atoms with van der Waals surface area (Å²) in [6, 6.07) is 0. The molecule has 0 aliphatic carbocycles. The van der Waals surface area contributed by atoms with Crippen molar-refractivity contribution < 1.29 is 57.8 Å².